The molecule has 0 spiro atoms. The van der Waals surface area contributed by atoms with Gasteiger partial charge in [0.2, 0.25) is 0 Å². The second-order valence-electron chi connectivity index (χ2n) is 7.44. The topological polar surface area (TPSA) is 91.0 Å². The van der Waals surface area contributed by atoms with E-state index in [1.165, 1.54) is 10.7 Å². The van der Waals surface area contributed by atoms with Crippen molar-refractivity contribution in [3.63, 3.8) is 0 Å². The van der Waals surface area contributed by atoms with Crippen LogP contribution in [0, 0.1) is 13.8 Å². The summed E-state index contributed by atoms with van der Waals surface area (Å²) in [6.45, 7) is 6.63. The van der Waals surface area contributed by atoms with Crippen molar-refractivity contribution in [3.05, 3.63) is 81.9 Å². The van der Waals surface area contributed by atoms with Crippen LogP contribution < -0.4 is 15.6 Å². The third kappa shape index (κ3) is 4.25. The predicted octanol–water partition coefficient (Wildman–Crippen LogP) is 3.03. The summed E-state index contributed by atoms with van der Waals surface area (Å²) >= 11 is 0. The molecular weight excluding hydrogens is 406 g/mol. The highest BCUT2D eigenvalue weighted by molar-refractivity contribution is 6.09. The molecule has 0 atom stereocenters. The number of rotatable bonds is 7. The van der Waals surface area contributed by atoms with Gasteiger partial charge in [0.05, 0.1) is 24.4 Å². The van der Waals surface area contributed by atoms with E-state index in [2.05, 4.69) is 15.5 Å². The van der Waals surface area contributed by atoms with Crippen LogP contribution in [-0.4, -0.2) is 38.6 Å². The largest absolute Gasteiger partial charge is 0.493 e. The van der Waals surface area contributed by atoms with Crippen molar-refractivity contribution in [2.24, 2.45) is 0 Å². The van der Waals surface area contributed by atoms with Gasteiger partial charge in [0.25, 0.3) is 11.5 Å². The van der Waals surface area contributed by atoms with Crippen molar-refractivity contribution in [1.82, 2.24) is 24.9 Å². The molecule has 2 heterocycles. The lowest BCUT2D eigenvalue weighted by molar-refractivity contribution is 0.0949. The van der Waals surface area contributed by atoms with E-state index in [9.17, 15) is 9.59 Å². The normalized spacial score (nSPS) is 11.0. The van der Waals surface area contributed by atoms with Crippen molar-refractivity contribution in [3.8, 4) is 11.6 Å². The second kappa shape index (κ2) is 9.05. The lowest BCUT2D eigenvalue weighted by Crippen LogP contribution is -2.32. The van der Waals surface area contributed by atoms with E-state index in [0.717, 1.165) is 22.2 Å². The lowest BCUT2D eigenvalue weighted by Gasteiger charge is -2.14. The zero-order valence-electron chi connectivity index (χ0n) is 18.3. The Labute approximate surface area is 185 Å². The molecule has 1 N–H and O–H groups in total. The average Bonchev–Trinajstić information content (AvgIpc) is 3.12. The van der Waals surface area contributed by atoms with E-state index >= 15 is 0 Å². The van der Waals surface area contributed by atoms with Gasteiger partial charge >= 0.3 is 0 Å². The first-order valence-electron chi connectivity index (χ1n) is 10.5. The average molecular weight is 431 g/mol. The van der Waals surface area contributed by atoms with Crippen molar-refractivity contribution in [1.29, 1.82) is 0 Å². The maximum Gasteiger partial charge on any atom is 0.266 e. The number of nitrogens with zero attached hydrogens (tertiary/aromatic N) is 4. The molecule has 0 aliphatic rings. The third-order valence-corrected chi connectivity index (χ3v) is 5.11. The van der Waals surface area contributed by atoms with Gasteiger partial charge in [-0.1, -0.05) is 30.3 Å². The molecule has 0 radical (unpaired) electrons. The van der Waals surface area contributed by atoms with E-state index in [4.69, 9.17) is 4.74 Å². The molecule has 164 valence electrons. The van der Waals surface area contributed by atoms with Crippen LogP contribution in [0.1, 0.15) is 28.7 Å². The molecule has 0 unspecified atom stereocenters. The zero-order valence-corrected chi connectivity index (χ0v) is 18.3. The van der Waals surface area contributed by atoms with Gasteiger partial charge in [0.1, 0.15) is 5.75 Å². The number of amides is 1. The van der Waals surface area contributed by atoms with Crippen molar-refractivity contribution < 1.29 is 9.53 Å². The Morgan fingerprint density at radius 2 is 1.88 bits per heavy atom. The Hall–Kier alpha value is -3.94. The monoisotopic (exact) mass is 431 g/mol. The Morgan fingerprint density at radius 1 is 1.06 bits per heavy atom. The van der Waals surface area contributed by atoms with Crippen LogP contribution in [0.4, 0.5) is 0 Å². The quantitative estimate of drug-likeness (QED) is 0.486. The smallest absolute Gasteiger partial charge is 0.266 e. The minimum atomic E-state index is -0.256. The van der Waals surface area contributed by atoms with E-state index in [0.29, 0.717) is 23.7 Å². The van der Waals surface area contributed by atoms with Gasteiger partial charge < -0.3 is 10.1 Å². The molecule has 0 aliphatic carbocycles. The second-order valence-corrected chi connectivity index (χ2v) is 7.44. The predicted molar refractivity (Wildman–Crippen MR) is 123 cm³/mol. The van der Waals surface area contributed by atoms with Gasteiger partial charge in [-0.3, -0.25) is 9.59 Å². The Balaban J connectivity index is 1.54. The number of hydrogen-bond donors (Lipinski definition) is 1. The molecule has 0 saturated carbocycles. The van der Waals surface area contributed by atoms with E-state index < -0.39 is 0 Å². The minimum absolute atomic E-state index is 0.229. The fourth-order valence-corrected chi connectivity index (χ4v) is 3.70. The molecule has 8 nitrogen and oxygen atoms in total. The Kier molecular flexibility index (Phi) is 6.02. The number of ether oxygens (including phenoxy) is 1. The number of aromatic nitrogens is 4. The van der Waals surface area contributed by atoms with Crippen LogP contribution >= 0.6 is 0 Å². The van der Waals surface area contributed by atoms with Gasteiger partial charge in [0, 0.05) is 18.3 Å². The van der Waals surface area contributed by atoms with Crippen LogP contribution in [0.3, 0.4) is 0 Å². The molecule has 0 saturated heterocycles. The van der Waals surface area contributed by atoms with Crippen LogP contribution in [0.25, 0.3) is 16.6 Å². The van der Waals surface area contributed by atoms with Crippen LogP contribution in [0.2, 0.25) is 0 Å². The van der Waals surface area contributed by atoms with Gasteiger partial charge in [0.15, 0.2) is 5.82 Å². The molecule has 0 fully saturated rings. The third-order valence-electron chi connectivity index (χ3n) is 5.11. The molecule has 32 heavy (non-hydrogen) atoms. The molecule has 0 bridgehead atoms. The Morgan fingerprint density at radius 3 is 2.62 bits per heavy atom. The molecule has 2 aromatic heterocycles. The van der Waals surface area contributed by atoms with E-state index in [-0.39, 0.29) is 24.6 Å². The summed E-state index contributed by atoms with van der Waals surface area (Å²) in [5.74, 6) is 0.827. The van der Waals surface area contributed by atoms with E-state index in [1.807, 2.05) is 63.2 Å². The summed E-state index contributed by atoms with van der Waals surface area (Å²) in [7, 11) is 0. The number of carbonyl (C=O) groups excluding carboxylic acids is 1. The number of fused-ring (bicyclic) bond motifs is 1. The fourth-order valence-electron chi connectivity index (χ4n) is 3.70. The van der Waals surface area contributed by atoms with Crippen molar-refractivity contribution in [2.45, 2.75) is 27.3 Å². The highest BCUT2D eigenvalue weighted by Crippen LogP contribution is 2.28. The molecule has 1 amide bonds. The highest BCUT2D eigenvalue weighted by Gasteiger charge is 2.16. The summed E-state index contributed by atoms with van der Waals surface area (Å²) in [4.78, 5) is 25.3. The summed E-state index contributed by atoms with van der Waals surface area (Å²) in [5.41, 5.74) is 2.04. The number of nitrogens with one attached hydrogen (secondary N) is 1. The number of aryl methyl sites for hydroxylation is 2. The molecular formula is C24H25N5O3. The Bertz CT molecular complexity index is 1340. The molecule has 4 rings (SSSR count). The molecule has 8 heteroatoms. The number of hydrogen-bond acceptors (Lipinski definition) is 5. The molecule has 2 aromatic carbocycles. The maximum atomic E-state index is 13.1. The summed E-state index contributed by atoms with van der Waals surface area (Å²) in [6.07, 6.45) is 0. The SMILES string of the molecule is CCOc1ccc2ccccc2c1C(=O)NCCn1nc(-n2nc(C)cc2C)ccc1=O. The number of carbonyl (C=O) groups is 1. The summed E-state index contributed by atoms with van der Waals surface area (Å²) in [5, 5.41) is 13.5. The first-order chi connectivity index (χ1) is 15.5. The highest BCUT2D eigenvalue weighted by atomic mass is 16.5. The number of benzene rings is 2. The first kappa shape index (κ1) is 21.3. The zero-order chi connectivity index (χ0) is 22.7. The maximum absolute atomic E-state index is 13.1. The van der Waals surface area contributed by atoms with Crippen LogP contribution in [0.15, 0.2) is 59.4 Å². The van der Waals surface area contributed by atoms with Gasteiger partial charge in [-0.05, 0) is 49.7 Å². The van der Waals surface area contributed by atoms with Crippen molar-refractivity contribution >= 4 is 16.7 Å². The fraction of sp³-hybridized carbons (Fsp3) is 0.250. The summed E-state index contributed by atoms with van der Waals surface area (Å²) < 4.78 is 8.71. The van der Waals surface area contributed by atoms with Gasteiger partial charge in [-0.25, -0.2) is 9.36 Å². The van der Waals surface area contributed by atoms with Crippen molar-refractivity contribution in [2.75, 3.05) is 13.2 Å². The van der Waals surface area contributed by atoms with Crippen LogP contribution in [-0.2, 0) is 6.54 Å². The summed E-state index contributed by atoms with van der Waals surface area (Å²) in [6, 6.07) is 16.5. The molecule has 4 aromatic rings. The molecule has 0 aliphatic heterocycles. The van der Waals surface area contributed by atoms with Crippen LogP contribution in [0.5, 0.6) is 5.75 Å². The minimum Gasteiger partial charge on any atom is -0.493 e. The van der Waals surface area contributed by atoms with Gasteiger partial charge in [-0.2, -0.15) is 5.10 Å². The standard InChI is InChI=1S/C24H25N5O3/c1-4-32-20-10-9-18-7-5-6-8-19(18)23(20)24(31)25-13-14-28-22(30)12-11-21(27-28)29-17(3)15-16(2)26-29/h5-12,15H,4,13-14H2,1-3H3,(H,25,31). The van der Waals surface area contributed by atoms with E-state index in [1.54, 1.807) is 10.7 Å². The lowest BCUT2D eigenvalue weighted by atomic mass is 10.0. The van der Waals surface area contributed by atoms with Gasteiger partial charge in [-0.15, -0.1) is 5.10 Å². The first-order valence-corrected chi connectivity index (χ1v) is 10.5.